The Morgan fingerprint density at radius 1 is 1.56 bits per heavy atom. The van der Waals surface area contributed by atoms with E-state index >= 15 is 0 Å². The lowest BCUT2D eigenvalue weighted by Crippen LogP contribution is -1.80. The van der Waals surface area contributed by atoms with Crippen molar-refractivity contribution >= 4 is 0 Å². The Morgan fingerprint density at radius 3 is 2.56 bits per heavy atom. The summed E-state index contributed by atoms with van der Waals surface area (Å²) in [5.74, 6) is 0. The highest BCUT2D eigenvalue weighted by Gasteiger charge is 1.83. The number of hydrogen-bond acceptors (Lipinski definition) is 1. The zero-order chi connectivity index (χ0) is 7.11. The summed E-state index contributed by atoms with van der Waals surface area (Å²) in [6.07, 6.45) is 4.56. The zero-order valence-electron chi connectivity index (χ0n) is 6.18. The highest BCUT2D eigenvalue weighted by Crippen LogP contribution is 2.00. The largest absolute Gasteiger partial charge is 0.501 e. The van der Waals surface area contributed by atoms with E-state index in [9.17, 15) is 0 Å². The molecule has 0 spiro atoms. The van der Waals surface area contributed by atoms with Gasteiger partial charge in [0.15, 0.2) is 0 Å². The van der Waals surface area contributed by atoms with E-state index in [2.05, 4.69) is 13.5 Å². The molecule has 1 heteroatoms. The topological polar surface area (TPSA) is 9.23 Å². The molecule has 0 amide bonds. The van der Waals surface area contributed by atoms with Crippen LogP contribution in [0.25, 0.3) is 0 Å². The first-order valence-electron chi connectivity index (χ1n) is 3.28. The van der Waals surface area contributed by atoms with Gasteiger partial charge in [-0.1, -0.05) is 19.6 Å². The van der Waals surface area contributed by atoms with Gasteiger partial charge in [-0.25, -0.2) is 0 Å². The van der Waals surface area contributed by atoms with Crippen LogP contribution in [-0.4, -0.2) is 6.61 Å². The molecular weight excluding hydrogens is 112 g/mol. The summed E-state index contributed by atoms with van der Waals surface area (Å²) in [6, 6.07) is 0. The standard InChI is InChI=1S/C8H14O/c1-4-8(5-2)7-9-6-3/h4,7H,1,5-6H2,2-3H3/b8-7-. The highest BCUT2D eigenvalue weighted by atomic mass is 16.5. The highest BCUT2D eigenvalue weighted by molar-refractivity contribution is 5.12. The van der Waals surface area contributed by atoms with Gasteiger partial charge in [0.1, 0.15) is 0 Å². The maximum absolute atomic E-state index is 5.04. The summed E-state index contributed by atoms with van der Waals surface area (Å²) in [5, 5.41) is 0. The minimum atomic E-state index is 0.733. The third-order valence-electron chi connectivity index (χ3n) is 1.07. The van der Waals surface area contributed by atoms with E-state index in [0.29, 0.717) is 0 Å². The third-order valence-corrected chi connectivity index (χ3v) is 1.07. The zero-order valence-corrected chi connectivity index (χ0v) is 6.18. The molecule has 0 aromatic heterocycles. The van der Waals surface area contributed by atoms with Crippen LogP contribution in [-0.2, 0) is 4.74 Å². The molecule has 9 heavy (non-hydrogen) atoms. The molecule has 0 saturated heterocycles. The SMILES string of the molecule is C=C/C(=C/OCC)CC. The Morgan fingerprint density at radius 2 is 2.22 bits per heavy atom. The minimum absolute atomic E-state index is 0.733. The van der Waals surface area contributed by atoms with Crippen LogP contribution >= 0.6 is 0 Å². The maximum Gasteiger partial charge on any atom is 0.0860 e. The molecule has 0 saturated carbocycles. The van der Waals surface area contributed by atoms with Crippen molar-refractivity contribution in [1.29, 1.82) is 0 Å². The fourth-order valence-electron chi connectivity index (χ4n) is 0.466. The number of allylic oxidation sites excluding steroid dienone is 2. The van der Waals surface area contributed by atoms with Gasteiger partial charge in [-0.05, 0) is 18.9 Å². The molecule has 0 fully saturated rings. The molecule has 0 atom stereocenters. The summed E-state index contributed by atoms with van der Waals surface area (Å²) in [4.78, 5) is 0. The smallest absolute Gasteiger partial charge is 0.0860 e. The summed E-state index contributed by atoms with van der Waals surface area (Å²) >= 11 is 0. The predicted molar refractivity (Wildman–Crippen MR) is 40.2 cm³/mol. The lowest BCUT2D eigenvalue weighted by Gasteiger charge is -1.96. The second-order valence-corrected chi connectivity index (χ2v) is 1.71. The number of rotatable bonds is 4. The van der Waals surface area contributed by atoms with Crippen molar-refractivity contribution in [1.82, 2.24) is 0 Å². The first-order valence-corrected chi connectivity index (χ1v) is 3.28. The van der Waals surface area contributed by atoms with E-state index in [1.807, 2.05) is 13.0 Å². The van der Waals surface area contributed by atoms with Crippen LogP contribution in [0.5, 0.6) is 0 Å². The monoisotopic (exact) mass is 126 g/mol. The molecule has 0 radical (unpaired) electrons. The second-order valence-electron chi connectivity index (χ2n) is 1.71. The summed E-state index contributed by atoms with van der Waals surface area (Å²) < 4.78 is 5.04. The van der Waals surface area contributed by atoms with Crippen molar-refractivity contribution in [2.45, 2.75) is 20.3 Å². The predicted octanol–water partition coefficient (Wildman–Crippen LogP) is 2.50. The van der Waals surface area contributed by atoms with E-state index in [-0.39, 0.29) is 0 Å². The van der Waals surface area contributed by atoms with Crippen molar-refractivity contribution in [2.75, 3.05) is 6.61 Å². The van der Waals surface area contributed by atoms with Crippen LogP contribution in [0.1, 0.15) is 20.3 Å². The van der Waals surface area contributed by atoms with Crippen LogP contribution in [0.4, 0.5) is 0 Å². The van der Waals surface area contributed by atoms with Crippen LogP contribution in [0.2, 0.25) is 0 Å². The van der Waals surface area contributed by atoms with Crippen LogP contribution in [0, 0.1) is 0 Å². The van der Waals surface area contributed by atoms with Gasteiger partial charge in [0, 0.05) is 0 Å². The summed E-state index contributed by atoms with van der Waals surface area (Å²) in [7, 11) is 0. The maximum atomic E-state index is 5.04. The van der Waals surface area contributed by atoms with E-state index in [4.69, 9.17) is 4.74 Å². The van der Waals surface area contributed by atoms with Crippen LogP contribution in [0.3, 0.4) is 0 Å². The van der Waals surface area contributed by atoms with Gasteiger partial charge in [-0.15, -0.1) is 0 Å². The van der Waals surface area contributed by atoms with Crippen molar-refractivity contribution in [3.05, 3.63) is 24.5 Å². The van der Waals surface area contributed by atoms with Crippen molar-refractivity contribution in [2.24, 2.45) is 0 Å². The van der Waals surface area contributed by atoms with E-state index < -0.39 is 0 Å². The lowest BCUT2D eigenvalue weighted by atomic mass is 10.2. The van der Waals surface area contributed by atoms with Gasteiger partial charge < -0.3 is 4.74 Å². The van der Waals surface area contributed by atoms with Crippen LogP contribution < -0.4 is 0 Å². The number of hydrogen-bond donors (Lipinski definition) is 0. The molecular formula is C8H14O. The average molecular weight is 126 g/mol. The molecule has 52 valence electrons. The average Bonchev–Trinajstić information content (AvgIpc) is 1.91. The van der Waals surface area contributed by atoms with Gasteiger partial charge in [0.05, 0.1) is 12.9 Å². The lowest BCUT2D eigenvalue weighted by molar-refractivity contribution is 0.266. The minimum Gasteiger partial charge on any atom is -0.501 e. The molecule has 0 aromatic carbocycles. The quantitative estimate of drug-likeness (QED) is 0.415. The third kappa shape index (κ3) is 3.83. The fourth-order valence-corrected chi connectivity index (χ4v) is 0.466. The molecule has 0 aromatic rings. The van der Waals surface area contributed by atoms with Gasteiger partial charge in [-0.3, -0.25) is 0 Å². The molecule has 0 bridgehead atoms. The molecule has 0 aliphatic heterocycles. The normalized spacial score (nSPS) is 11.1. The second kappa shape index (κ2) is 5.42. The molecule has 0 rings (SSSR count). The van der Waals surface area contributed by atoms with Crippen molar-refractivity contribution < 1.29 is 4.74 Å². The Balaban J connectivity index is 3.61. The van der Waals surface area contributed by atoms with Gasteiger partial charge >= 0.3 is 0 Å². The Bertz CT molecular complexity index is 103. The van der Waals surface area contributed by atoms with Gasteiger partial charge in [0.2, 0.25) is 0 Å². The Labute approximate surface area is 57.0 Å². The molecule has 0 aliphatic rings. The Kier molecular flexibility index (Phi) is 4.98. The first kappa shape index (κ1) is 8.28. The molecule has 0 unspecified atom stereocenters. The van der Waals surface area contributed by atoms with E-state index in [1.165, 1.54) is 0 Å². The first-order chi connectivity index (χ1) is 4.35. The van der Waals surface area contributed by atoms with Crippen molar-refractivity contribution in [3.8, 4) is 0 Å². The van der Waals surface area contributed by atoms with Crippen molar-refractivity contribution in [3.63, 3.8) is 0 Å². The number of ether oxygens (including phenoxy) is 1. The molecule has 0 aliphatic carbocycles. The fraction of sp³-hybridized carbons (Fsp3) is 0.500. The van der Waals surface area contributed by atoms with E-state index in [0.717, 1.165) is 18.6 Å². The molecule has 1 nitrogen and oxygen atoms in total. The van der Waals surface area contributed by atoms with Gasteiger partial charge in [0.25, 0.3) is 0 Å². The Hall–Kier alpha value is -0.720. The molecule has 0 heterocycles. The van der Waals surface area contributed by atoms with Crippen LogP contribution in [0.15, 0.2) is 24.5 Å². The van der Waals surface area contributed by atoms with E-state index in [1.54, 1.807) is 6.26 Å². The summed E-state index contributed by atoms with van der Waals surface area (Å²) in [6.45, 7) is 8.41. The summed E-state index contributed by atoms with van der Waals surface area (Å²) in [5.41, 5.74) is 1.15. The van der Waals surface area contributed by atoms with Gasteiger partial charge in [-0.2, -0.15) is 0 Å². The molecule has 0 N–H and O–H groups in total.